The number of likely N-dealkylation sites (tertiary alicyclic amines) is 1. The molecule has 1 saturated carbocycles. The maximum Gasteiger partial charge on any atom is 0.237 e. The van der Waals surface area contributed by atoms with Crippen LogP contribution in [0.1, 0.15) is 48.4 Å². The molecule has 3 nitrogen and oxygen atoms in total. The van der Waals surface area contributed by atoms with Crippen LogP contribution in [0.3, 0.4) is 0 Å². The van der Waals surface area contributed by atoms with E-state index in [-0.39, 0.29) is 11.9 Å². The number of nitrogens with zero attached hydrogens (tertiary/aromatic N) is 1. The molecule has 1 heterocycles. The van der Waals surface area contributed by atoms with Gasteiger partial charge >= 0.3 is 0 Å². The number of carbonyl (C=O) groups excluding carboxylic acids is 1. The lowest BCUT2D eigenvalue weighted by atomic mass is 9.96. The Labute approximate surface area is 127 Å². The lowest BCUT2D eigenvalue weighted by Crippen LogP contribution is -2.38. The molecule has 1 N–H and O–H groups in total. The predicted molar refractivity (Wildman–Crippen MR) is 85.2 cm³/mol. The van der Waals surface area contributed by atoms with Crippen LogP contribution < -0.4 is 5.32 Å². The van der Waals surface area contributed by atoms with Crippen LogP contribution >= 0.6 is 0 Å². The largest absolute Gasteiger partial charge is 0.335 e. The molecule has 0 bridgehead atoms. The number of nitrogens with one attached hydrogen (secondary N) is 1. The number of benzene rings is 1. The molecule has 114 valence electrons. The van der Waals surface area contributed by atoms with Crippen molar-refractivity contribution in [2.75, 3.05) is 19.6 Å². The van der Waals surface area contributed by atoms with E-state index in [0.29, 0.717) is 6.54 Å². The Bertz CT molecular complexity index is 522. The van der Waals surface area contributed by atoms with Crippen molar-refractivity contribution in [3.8, 4) is 0 Å². The highest BCUT2D eigenvalue weighted by Crippen LogP contribution is 2.34. The van der Waals surface area contributed by atoms with E-state index < -0.39 is 0 Å². The molecule has 2 fully saturated rings. The van der Waals surface area contributed by atoms with E-state index in [2.05, 4.69) is 42.3 Å². The number of aryl methyl sites for hydroxylation is 1. The first kappa shape index (κ1) is 14.6. The zero-order chi connectivity index (χ0) is 14.8. The maximum absolute atomic E-state index is 12.5. The summed E-state index contributed by atoms with van der Waals surface area (Å²) in [4.78, 5) is 14.6. The topological polar surface area (TPSA) is 32.3 Å². The highest BCUT2D eigenvalue weighted by atomic mass is 16.2. The lowest BCUT2D eigenvalue weighted by Gasteiger charge is -2.27. The monoisotopic (exact) mass is 286 g/mol. The summed E-state index contributed by atoms with van der Waals surface area (Å²) in [5.41, 5.74) is 4.00. The van der Waals surface area contributed by atoms with E-state index in [1.165, 1.54) is 29.5 Å². The van der Waals surface area contributed by atoms with Crippen LogP contribution in [-0.2, 0) is 4.79 Å². The second-order valence-electron chi connectivity index (χ2n) is 6.61. The molecular weight excluding hydrogens is 260 g/mol. The molecule has 2 aliphatic rings. The molecule has 1 aliphatic heterocycles. The average Bonchev–Trinajstić information content (AvgIpc) is 3.16. The number of hydrogen-bond donors (Lipinski definition) is 1. The number of amides is 1. The lowest BCUT2D eigenvalue weighted by molar-refractivity contribution is -0.131. The standard InChI is InChI=1S/C18H26N2O/c1-13-5-3-6-16(14(13)2)17-7-4-10-20(17)18(21)12-19-11-15-8-9-15/h3,5-6,15,17,19H,4,7-12H2,1-2H3. The Morgan fingerprint density at radius 1 is 1.29 bits per heavy atom. The second kappa shape index (κ2) is 6.18. The fourth-order valence-electron chi connectivity index (χ4n) is 3.33. The summed E-state index contributed by atoms with van der Waals surface area (Å²) in [6.07, 6.45) is 4.87. The third kappa shape index (κ3) is 3.29. The molecular formula is C18H26N2O. The third-order valence-electron chi connectivity index (χ3n) is 4.98. The van der Waals surface area contributed by atoms with Crippen LogP contribution in [0.15, 0.2) is 18.2 Å². The first-order valence-electron chi connectivity index (χ1n) is 8.23. The van der Waals surface area contributed by atoms with E-state index in [0.717, 1.165) is 31.8 Å². The van der Waals surface area contributed by atoms with Crippen LogP contribution in [0.25, 0.3) is 0 Å². The minimum atomic E-state index is 0.263. The zero-order valence-corrected chi connectivity index (χ0v) is 13.2. The molecule has 1 unspecified atom stereocenters. The molecule has 0 aromatic heterocycles. The van der Waals surface area contributed by atoms with Gasteiger partial charge in [0.1, 0.15) is 0 Å². The summed E-state index contributed by atoms with van der Waals surface area (Å²) < 4.78 is 0. The summed E-state index contributed by atoms with van der Waals surface area (Å²) in [5, 5.41) is 3.33. The molecule has 1 atom stereocenters. The molecule has 1 aromatic carbocycles. The first-order valence-corrected chi connectivity index (χ1v) is 8.23. The van der Waals surface area contributed by atoms with Crippen LogP contribution in [0.2, 0.25) is 0 Å². The summed E-state index contributed by atoms with van der Waals surface area (Å²) in [7, 11) is 0. The summed E-state index contributed by atoms with van der Waals surface area (Å²) >= 11 is 0. The van der Waals surface area contributed by atoms with E-state index in [4.69, 9.17) is 0 Å². The Kier molecular flexibility index (Phi) is 4.29. The summed E-state index contributed by atoms with van der Waals surface area (Å²) in [5.74, 6) is 1.09. The van der Waals surface area contributed by atoms with E-state index >= 15 is 0 Å². The highest BCUT2D eigenvalue weighted by molar-refractivity contribution is 5.79. The first-order chi connectivity index (χ1) is 10.2. The van der Waals surface area contributed by atoms with Gasteiger partial charge in [0, 0.05) is 6.54 Å². The second-order valence-corrected chi connectivity index (χ2v) is 6.61. The summed E-state index contributed by atoms with van der Waals surface area (Å²) in [6, 6.07) is 6.73. The quantitative estimate of drug-likeness (QED) is 0.902. The van der Waals surface area contributed by atoms with Gasteiger partial charge in [-0.25, -0.2) is 0 Å². The van der Waals surface area contributed by atoms with Gasteiger partial charge in [-0.3, -0.25) is 4.79 Å². The van der Waals surface area contributed by atoms with Gasteiger partial charge in [-0.15, -0.1) is 0 Å². The Balaban J connectivity index is 1.66. The molecule has 3 heteroatoms. The molecule has 1 aromatic rings. The van der Waals surface area contributed by atoms with E-state index in [1.807, 2.05) is 0 Å². The van der Waals surface area contributed by atoms with Crippen LogP contribution in [0, 0.1) is 19.8 Å². The molecule has 1 saturated heterocycles. The number of carbonyl (C=O) groups is 1. The summed E-state index contributed by atoms with van der Waals surface area (Å²) in [6.45, 7) is 6.74. The van der Waals surface area contributed by atoms with Crippen molar-refractivity contribution in [3.05, 3.63) is 34.9 Å². The number of rotatable bonds is 5. The van der Waals surface area contributed by atoms with Gasteiger partial charge in [0.2, 0.25) is 5.91 Å². The Morgan fingerprint density at radius 3 is 2.86 bits per heavy atom. The maximum atomic E-state index is 12.5. The van der Waals surface area contributed by atoms with Gasteiger partial charge in [-0.05, 0) is 68.7 Å². The van der Waals surface area contributed by atoms with Crippen molar-refractivity contribution >= 4 is 5.91 Å². The molecule has 3 rings (SSSR count). The van der Waals surface area contributed by atoms with E-state index in [1.54, 1.807) is 0 Å². The van der Waals surface area contributed by atoms with Crippen molar-refractivity contribution in [1.29, 1.82) is 0 Å². The molecule has 0 spiro atoms. The fourth-order valence-corrected chi connectivity index (χ4v) is 3.33. The van der Waals surface area contributed by atoms with Crippen molar-refractivity contribution in [1.82, 2.24) is 10.2 Å². The van der Waals surface area contributed by atoms with Crippen molar-refractivity contribution in [2.24, 2.45) is 5.92 Å². The Morgan fingerprint density at radius 2 is 2.10 bits per heavy atom. The number of hydrogen-bond acceptors (Lipinski definition) is 2. The van der Waals surface area contributed by atoms with Gasteiger partial charge < -0.3 is 10.2 Å². The van der Waals surface area contributed by atoms with Gasteiger partial charge in [0.25, 0.3) is 0 Å². The van der Waals surface area contributed by atoms with Crippen LogP contribution in [0.4, 0.5) is 0 Å². The molecule has 21 heavy (non-hydrogen) atoms. The van der Waals surface area contributed by atoms with Gasteiger partial charge in [-0.1, -0.05) is 18.2 Å². The minimum Gasteiger partial charge on any atom is -0.335 e. The average molecular weight is 286 g/mol. The molecule has 1 aliphatic carbocycles. The van der Waals surface area contributed by atoms with Gasteiger partial charge in [0.15, 0.2) is 0 Å². The smallest absolute Gasteiger partial charge is 0.237 e. The molecule has 1 amide bonds. The van der Waals surface area contributed by atoms with Crippen LogP contribution in [0.5, 0.6) is 0 Å². The molecule has 0 radical (unpaired) electrons. The predicted octanol–water partition coefficient (Wildman–Crippen LogP) is 2.97. The Hall–Kier alpha value is -1.35. The van der Waals surface area contributed by atoms with Crippen LogP contribution in [-0.4, -0.2) is 30.4 Å². The zero-order valence-electron chi connectivity index (χ0n) is 13.2. The highest BCUT2D eigenvalue weighted by Gasteiger charge is 2.31. The fraction of sp³-hybridized carbons (Fsp3) is 0.611. The minimum absolute atomic E-state index is 0.263. The van der Waals surface area contributed by atoms with Gasteiger partial charge in [0.05, 0.1) is 12.6 Å². The van der Waals surface area contributed by atoms with Crippen molar-refractivity contribution in [2.45, 2.75) is 45.6 Å². The SMILES string of the molecule is Cc1cccc(C2CCCN2C(=O)CNCC2CC2)c1C. The van der Waals surface area contributed by atoms with Gasteiger partial charge in [-0.2, -0.15) is 0 Å². The van der Waals surface area contributed by atoms with Crippen molar-refractivity contribution in [3.63, 3.8) is 0 Å². The van der Waals surface area contributed by atoms with Crippen molar-refractivity contribution < 1.29 is 4.79 Å². The normalized spacial score (nSPS) is 21.8. The van der Waals surface area contributed by atoms with E-state index in [9.17, 15) is 4.79 Å². The third-order valence-corrected chi connectivity index (χ3v) is 4.98.